The lowest BCUT2D eigenvalue weighted by atomic mass is 9.86. The topological polar surface area (TPSA) is 0 Å². The van der Waals surface area contributed by atoms with Crippen molar-refractivity contribution in [3.63, 3.8) is 0 Å². The second kappa shape index (κ2) is 7.21. The van der Waals surface area contributed by atoms with Gasteiger partial charge < -0.3 is 0 Å². The summed E-state index contributed by atoms with van der Waals surface area (Å²) in [7, 11) is 0. The van der Waals surface area contributed by atoms with Gasteiger partial charge in [-0.1, -0.05) is 60.7 Å². The monoisotopic (exact) mass is 432 g/mol. The molecule has 0 amide bonds. The molecule has 6 aliphatic carbocycles. The molecule has 168 valence electrons. The Labute approximate surface area is 199 Å². The normalized spacial score (nSPS) is 28.2. The fourth-order valence-corrected chi connectivity index (χ4v) is 7.81. The maximum Gasteiger partial charge on any atom is 0.00389 e. The minimum absolute atomic E-state index is 0.588. The Morgan fingerprint density at radius 2 is 0.879 bits per heavy atom. The largest absolute Gasteiger partial charge is 0.0728 e. The van der Waals surface area contributed by atoms with Crippen LogP contribution in [0, 0.1) is 35.5 Å². The highest BCUT2D eigenvalue weighted by atomic mass is 14.5. The van der Waals surface area contributed by atoms with Crippen LogP contribution in [-0.2, 0) is 0 Å². The first-order valence-corrected chi connectivity index (χ1v) is 14.0. The van der Waals surface area contributed by atoms with Gasteiger partial charge in [0.2, 0.25) is 0 Å². The summed E-state index contributed by atoms with van der Waals surface area (Å²) in [5, 5.41) is 0. The minimum atomic E-state index is 0.588. The van der Waals surface area contributed by atoms with Crippen LogP contribution in [0.1, 0.15) is 91.9 Å². The predicted octanol–water partition coefficient (Wildman–Crippen LogP) is 8.61. The van der Waals surface area contributed by atoms with Crippen molar-refractivity contribution in [2.24, 2.45) is 35.5 Å². The molecule has 33 heavy (non-hydrogen) atoms. The molecule has 0 aliphatic heterocycles. The molecule has 0 saturated heterocycles. The van der Waals surface area contributed by atoms with Gasteiger partial charge in [0.05, 0.1) is 0 Å². The van der Waals surface area contributed by atoms with E-state index in [2.05, 4.69) is 60.7 Å². The molecule has 0 N–H and O–H groups in total. The molecule has 2 aromatic carbocycles. The molecule has 8 rings (SSSR count). The van der Waals surface area contributed by atoms with E-state index in [9.17, 15) is 0 Å². The molecule has 0 heteroatoms. The van der Waals surface area contributed by atoms with Crippen LogP contribution < -0.4 is 0 Å². The van der Waals surface area contributed by atoms with E-state index in [1.807, 2.05) is 0 Å². The molecule has 0 aromatic heterocycles. The third-order valence-corrected chi connectivity index (χ3v) is 9.85. The Hall–Kier alpha value is -2.08. The van der Waals surface area contributed by atoms with E-state index in [0.29, 0.717) is 11.8 Å². The lowest BCUT2D eigenvalue weighted by Gasteiger charge is -2.18. The summed E-state index contributed by atoms with van der Waals surface area (Å²) >= 11 is 0. The van der Waals surface area contributed by atoms with Gasteiger partial charge in [0.1, 0.15) is 0 Å². The van der Waals surface area contributed by atoms with E-state index in [0.717, 1.165) is 35.5 Å². The number of hydrogen-bond donors (Lipinski definition) is 0. The van der Waals surface area contributed by atoms with Crippen molar-refractivity contribution in [3.8, 4) is 0 Å². The quantitative estimate of drug-likeness (QED) is 0.392. The molecule has 2 unspecified atom stereocenters. The molecule has 2 aromatic rings. The fraction of sp³-hybridized carbons (Fsp3) is 0.515. The summed E-state index contributed by atoms with van der Waals surface area (Å²) in [5.41, 5.74) is 9.94. The van der Waals surface area contributed by atoms with Crippen molar-refractivity contribution in [1.82, 2.24) is 0 Å². The first-order chi connectivity index (χ1) is 16.3. The summed E-state index contributed by atoms with van der Waals surface area (Å²) < 4.78 is 0. The van der Waals surface area contributed by atoms with Gasteiger partial charge in [-0.05, 0) is 127 Å². The Balaban J connectivity index is 1.15. The van der Waals surface area contributed by atoms with E-state index in [-0.39, 0.29) is 0 Å². The first-order valence-electron chi connectivity index (χ1n) is 14.0. The van der Waals surface area contributed by atoms with E-state index in [1.165, 1.54) is 57.8 Å². The third kappa shape index (κ3) is 3.31. The van der Waals surface area contributed by atoms with Gasteiger partial charge in [-0.3, -0.25) is 0 Å². The van der Waals surface area contributed by atoms with E-state index in [1.54, 1.807) is 33.4 Å². The van der Waals surface area contributed by atoms with Crippen LogP contribution in [0.4, 0.5) is 0 Å². The van der Waals surface area contributed by atoms with Gasteiger partial charge in [-0.2, -0.15) is 0 Å². The Morgan fingerprint density at radius 3 is 1.24 bits per heavy atom. The van der Waals surface area contributed by atoms with Crippen molar-refractivity contribution in [2.45, 2.75) is 69.6 Å². The van der Waals surface area contributed by atoms with Crippen molar-refractivity contribution in [1.29, 1.82) is 0 Å². The highest BCUT2D eigenvalue weighted by Crippen LogP contribution is 2.60. The molecular formula is C33H36. The average molecular weight is 433 g/mol. The Bertz CT molecular complexity index is 1030. The predicted molar refractivity (Wildman–Crippen MR) is 137 cm³/mol. The maximum atomic E-state index is 2.75. The molecule has 0 bridgehead atoms. The molecule has 0 heterocycles. The van der Waals surface area contributed by atoms with Crippen LogP contribution in [0.15, 0.2) is 60.7 Å². The second-order valence-corrected chi connectivity index (χ2v) is 12.3. The van der Waals surface area contributed by atoms with Crippen LogP contribution in [0.5, 0.6) is 0 Å². The minimum Gasteiger partial charge on any atom is -0.0728 e. The SMILES string of the molecule is C1=C(C(C2CC2)C2CC2)c2ccccc2C1CC1C=C(C(C2CC2)C2CC2)c2ccccc21. The van der Waals surface area contributed by atoms with Gasteiger partial charge in [-0.15, -0.1) is 0 Å². The van der Waals surface area contributed by atoms with Crippen molar-refractivity contribution >= 4 is 11.1 Å². The molecule has 0 nitrogen and oxygen atoms in total. The summed E-state index contributed by atoms with van der Waals surface area (Å²) in [6, 6.07) is 18.9. The van der Waals surface area contributed by atoms with Crippen LogP contribution in [0.25, 0.3) is 11.1 Å². The summed E-state index contributed by atoms with van der Waals surface area (Å²) in [5.74, 6) is 6.80. The van der Waals surface area contributed by atoms with Crippen molar-refractivity contribution in [3.05, 3.63) is 82.9 Å². The molecule has 4 fully saturated rings. The number of rotatable bonds is 8. The molecule has 6 aliphatic rings. The fourth-order valence-electron chi connectivity index (χ4n) is 7.81. The van der Waals surface area contributed by atoms with Crippen molar-refractivity contribution in [2.75, 3.05) is 0 Å². The van der Waals surface area contributed by atoms with Gasteiger partial charge >= 0.3 is 0 Å². The lowest BCUT2D eigenvalue weighted by molar-refractivity contribution is 0.517. The van der Waals surface area contributed by atoms with Gasteiger partial charge in [-0.25, -0.2) is 0 Å². The third-order valence-electron chi connectivity index (χ3n) is 9.85. The van der Waals surface area contributed by atoms with E-state index in [4.69, 9.17) is 0 Å². The molecule has 0 radical (unpaired) electrons. The molecule has 2 atom stereocenters. The van der Waals surface area contributed by atoms with Crippen LogP contribution >= 0.6 is 0 Å². The zero-order chi connectivity index (χ0) is 21.5. The lowest BCUT2D eigenvalue weighted by Crippen LogP contribution is -2.07. The Morgan fingerprint density at radius 1 is 0.515 bits per heavy atom. The molecular weight excluding hydrogens is 396 g/mol. The van der Waals surface area contributed by atoms with Crippen LogP contribution in [-0.4, -0.2) is 0 Å². The van der Waals surface area contributed by atoms with Crippen molar-refractivity contribution < 1.29 is 0 Å². The summed E-state index contributed by atoms with van der Waals surface area (Å²) in [4.78, 5) is 0. The second-order valence-electron chi connectivity index (χ2n) is 12.3. The number of allylic oxidation sites excluding steroid dienone is 4. The highest BCUT2D eigenvalue weighted by molar-refractivity contribution is 5.79. The zero-order valence-corrected chi connectivity index (χ0v) is 19.8. The van der Waals surface area contributed by atoms with Gasteiger partial charge in [0.15, 0.2) is 0 Å². The van der Waals surface area contributed by atoms with E-state index >= 15 is 0 Å². The summed E-state index contributed by atoms with van der Waals surface area (Å²) in [6.07, 6.45) is 18.5. The van der Waals surface area contributed by atoms with E-state index < -0.39 is 0 Å². The molecule has 4 saturated carbocycles. The number of benzene rings is 2. The van der Waals surface area contributed by atoms with Crippen LogP contribution in [0.3, 0.4) is 0 Å². The van der Waals surface area contributed by atoms with Crippen LogP contribution in [0.2, 0.25) is 0 Å². The first kappa shape index (κ1) is 19.2. The summed E-state index contributed by atoms with van der Waals surface area (Å²) in [6.45, 7) is 0. The Kier molecular flexibility index (Phi) is 4.20. The van der Waals surface area contributed by atoms with Gasteiger partial charge in [0.25, 0.3) is 0 Å². The average Bonchev–Trinajstić information content (AvgIpc) is 3.67. The standard InChI is InChI=1S/C33H36/c1-3-7-28-26(5-1)24(18-30(28)32(20-9-10-20)21-11-12-21)17-25-19-31(29-8-4-2-6-27(25)29)33(22-13-14-22)23-15-16-23/h1-8,18-25,32-33H,9-17H2. The number of fused-ring (bicyclic) bond motifs is 2. The zero-order valence-electron chi connectivity index (χ0n) is 19.8. The highest BCUT2D eigenvalue weighted by Gasteiger charge is 2.47. The van der Waals surface area contributed by atoms with Gasteiger partial charge in [0, 0.05) is 11.8 Å². The number of hydrogen-bond acceptors (Lipinski definition) is 0. The molecule has 0 spiro atoms. The smallest absolute Gasteiger partial charge is 0.00389 e. The maximum absolute atomic E-state index is 2.75.